The van der Waals surface area contributed by atoms with Crippen LogP contribution in [0.3, 0.4) is 0 Å². The van der Waals surface area contributed by atoms with Crippen molar-refractivity contribution in [2.24, 2.45) is 0 Å². The molecule has 0 bridgehead atoms. The molecule has 31 heavy (non-hydrogen) atoms. The Morgan fingerprint density at radius 3 is 2.35 bits per heavy atom. The molecule has 1 aliphatic heterocycles. The van der Waals surface area contributed by atoms with Gasteiger partial charge in [0.05, 0.1) is 23.8 Å². The average molecular weight is 447 g/mol. The van der Waals surface area contributed by atoms with E-state index < -0.39 is 47.3 Å². The monoisotopic (exact) mass is 447 g/mol. The number of carbonyl (C=O) groups excluding carboxylic acids is 1. The van der Waals surface area contributed by atoms with Crippen molar-refractivity contribution in [1.29, 1.82) is 0 Å². The Morgan fingerprint density at radius 2 is 1.74 bits per heavy atom. The van der Waals surface area contributed by atoms with Crippen LogP contribution < -0.4 is 0 Å². The molecule has 10 heteroatoms. The standard InChI is InChI=1S/C21H19F6NO3/c1-13(16-8-7-15(20(22,23)24)11-17(16)21(25,26)27)31-19-18(29)28(9-10-30-19)12-14-5-3-2-4-6-14/h2-8,11,13,19H,9-10,12H2,1H3/t13-,19+/m1/s1. The lowest BCUT2D eigenvalue weighted by Gasteiger charge is -2.34. The van der Waals surface area contributed by atoms with Crippen LogP contribution in [0.2, 0.25) is 0 Å². The van der Waals surface area contributed by atoms with Gasteiger partial charge in [0.15, 0.2) is 0 Å². The van der Waals surface area contributed by atoms with Crippen LogP contribution in [0.25, 0.3) is 0 Å². The van der Waals surface area contributed by atoms with Gasteiger partial charge >= 0.3 is 12.4 Å². The Bertz CT molecular complexity index is 914. The number of halogens is 6. The summed E-state index contributed by atoms with van der Waals surface area (Å²) in [6, 6.07) is 10.4. The minimum Gasteiger partial charge on any atom is -0.343 e. The smallest absolute Gasteiger partial charge is 0.343 e. The molecule has 0 saturated carbocycles. The van der Waals surface area contributed by atoms with Crippen molar-refractivity contribution in [2.45, 2.75) is 38.2 Å². The molecule has 0 N–H and O–H groups in total. The van der Waals surface area contributed by atoms with Crippen molar-refractivity contribution in [2.75, 3.05) is 13.2 Å². The summed E-state index contributed by atoms with van der Waals surface area (Å²) in [5.74, 6) is -0.567. The van der Waals surface area contributed by atoms with E-state index in [1.54, 1.807) is 12.1 Å². The Labute approximate surface area is 174 Å². The number of hydrogen-bond donors (Lipinski definition) is 0. The molecule has 1 amide bonds. The summed E-state index contributed by atoms with van der Waals surface area (Å²) >= 11 is 0. The first-order valence-corrected chi connectivity index (χ1v) is 9.35. The highest BCUT2D eigenvalue weighted by Crippen LogP contribution is 2.40. The fraction of sp³-hybridized carbons (Fsp3) is 0.381. The molecule has 4 nitrogen and oxygen atoms in total. The van der Waals surface area contributed by atoms with Gasteiger partial charge < -0.3 is 14.4 Å². The van der Waals surface area contributed by atoms with Crippen LogP contribution in [-0.4, -0.2) is 30.2 Å². The Morgan fingerprint density at radius 1 is 1.06 bits per heavy atom. The fourth-order valence-electron chi connectivity index (χ4n) is 3.25. The van der Waals surface area contributed by atoms with Gasteiger partial charge in [-0.3, -0.25) is 4.79 Å². The predicted octanol–water partition coefficient (Wildman–Crippen LogP) is 5.19. The minimum atomic E-state index is -5.04. The lowest BCUT2D eigenvalue weighted by atomic mass is 9.99. The molecule has 1 saturated heterocycles. The van der Waals surface area contributed by atoms with Crippen molar-refractivity contribution >= 4 is 5.91 Å². The number of ether oxygens (including phenoxy) is 2. The van der Waals surface area contributed by atoms with E-state index in [2.05, 4.69) is 0 Å². The number of amides is 1. The first-order valence-electron chi connectivity index (χ1n) is 9.35. The van der Waals surface area contributed by atoms with Gasteiger partial charge in [-0.1, -0.05) is 36.4 Å². The summed E-state index contributed by atoms with van der Waals surface area (Å²) in [4.78, 5) is 14.1. The number of alkyl halides is 6. The van der Waals surface area contributed by atoms with E-state index in [1.807, 2.05) is 18.2 Å². The third kappa shape index (κ3) is 5.56. The lowest BCUT2D eigenvalue weighted by molar-refractivity contribution is -0.210. The topological polar surface area (TPSA) is 38.8 Å². The van der Waals surface area contributed by atoms with E-state index in [9.17, 15) is 31.1 Å². The fourth-order valence-corrected chi connectivity index (χ4v) is 3.25. The van der Waals surface area contributed by atoms with Crippen LogP contribution in [0.5, 0.6) is 0 Å². The van der Waals surface area contributed by atoms with Gasteiger partial charge in [0, 0.05) is 13.1 Å². The summed E-state index contributed by atoms with van der Waals surface area (Å²) in [5, 5.41) is 0. The molecule has 0 unspecified atom stereocenters. The second-order valence-electron chi connectivity index (χ2n) is 7.02. The number of nitrogens with zero attached hydrogens (tertiary/aromatic N) is 1. The van der Waals surface area contributed by atoms with Crippen LogP contribution >= 0.6 is 0 Å². The van der Waals surface area contributed by atoms with Gasteiger partial charge in [0.1, 0.15) is 0 Å². The molecule has 1 heterocycles. The lowest BCUT2D eigenvalue weighted by Crippen LogP contribution is -2.48. The van der Waals surface area contributed by atoms with Crippen molar-refractivity contribution in [3.8, 4) is 0 Å². The second kappa shape index (κ2) is 8.88. The predicted molar refractivity (Wildman–Crippen MR) is 97.5 cm³/mol. The molecule has 0 spiro atoms. The summed E-state index contributed by atoms with van der Waals surface area (Å²) in [6.45, 7) is 1.88. The van der Waals surface area contributed by atoms with Crippen LogP contribution in [0.15, 0.2) is 48.5 Å². The van der Waals surface area contributed by atoms with E-state index in [-0.39, 0.29) is 25.8 Å². The SMILES string of the molecule is C[C@@H](O[C@@H]1OCCN(Cc2ccccc2)C1=O)c1ccc(C(F)(F)F)cc1C(F)(F)F. The number of carbonyl (C=O) groups is 1. The molecule has 2 aromatic carbocycles. The van der Waals surface area contributed by atoms with Crippen molar-refractivity contribution in [1.82, 2.24) is 4.90 Å². The Kier molecular flexibility index (Phi) is 6.61. The quantitative estimate of drug-likeness (QED) is 0.593. The van der Waals surface area contributed by atoms with Crippen molar-refractivity contribution in [3.05, 3.63) is 70.8 Å². The third-order valence-corrected chi connectivity index (χ3v) is 4.81. The first kappa shape index (κ1) is 23.1. The normalized spacial score (nSPS) is 18.9. The zero-order valence-corrected chi connectivity index (χ0v) is 16.3. The van der Waals surface area contributed by atoms with E-state index in [4.69, 9.17) is 9.47 Å². The van der Waals surface area contributed by atoms with E-state index in [1.165, 1.54) is 11.8 Å². The molecule has 168 valence electrons. The summed E-state index contributed by atoms with van der Waals surface area (Å²) in [6.07, 6.45) is -12.8. The van der Waals surface area contributed by atoms with Gasteiger partial charge in [-0.05, 0) is 30.2 Å². The van der Waals surface area contributed by atoms with Gasteiger partial charge in [-0.25, -0.2) is 0 Å². The summed E-state index contributed by atoms with van der Waals surface area (Å²) < 4.78 is 89.5. The highest BCUT2D eigenvalue weighted by molar-refractivity contribution is 5.80. The minimum absolute atomic E-state index is 0.0421. The van der Waals surface area contributed by atoms with Crippen LogP contribution in [0, 0.1) is 0 Å². The summed E-state index contributed by atoms with van der Waals surface area (Å²) in [5.41, 5.74) is -2.56. The average Bonchev–Trinajstić information content (AvgIpc) is 2.70. The van der Waals surface area contributed by atoms with Gasteiger partial charge in [0.2, 0.25) is 6.29 Å². The molecular weight excluding hydrogens is 428 g/mol. The number of hydrogen-bond acceptors (Lipinski definition) is 3. The van der Waals surface area contributed by atoms with Gasteiger partial charge in [0.25, 0.3) is 5.91 Å². The number of benzene rings is 2. The molecule has 2 atom stereocenters. The van der Waals surface area contributed by atoms with Crippen LogP contribution in [0.1, 0.15) is 35.3 Å². The van der Waals surface area contributed by atoms with E-state index >= 15 is 0 Å². The Balaban J connectivity index is 1.78. The third-order valence-electron chi connectivity index (χ3n) is 4.81. The van der Waals surface area contributed by atoms with E-state index in [0.717, 1.165) is 5.56 Å². The zero-order valence-electron chi connectivity index (χ0n) is 16.3. The number of morpholine rings is 1. The molecule has 1 fully saturated rings. The maximum absolute atomic E-state index is 13.4. The molecule has 2 aromatic rings. The maximum Gasteiger partial charge on any atom is 0.416 e. The molecule has 0 radical (unpaired) electrons. The molecule has 1 aliphatic rings. The van der Waals surface area contributed by atoms with Gasteiger partial charge in [-0.15, -0.1) is 0 Å². The first-order chi connectivity index (χ1) is 14.5. The second-order valence-corrected chi connectivity index (χ2v) is 7.02. The molecular formula is C21H19F6NO3. The van der Waals surface area contributed by atoms with E-state index in [0.29, 0.717) is 12.1 Å². The summed E-state index contributed by atoms with van der Waals surface area (Å²) in [7, 11) is 0. The van der Waals surface area contributed by atoms with Crippen LogP contribution in [0.4, 0.5) is 26.3 Å². The Hall–Kier alpha value is -2.59. The number of rotatable bonds is 5. The van der Waals surface area contributed by atoms with Crippen molar-refractivity contribution < 1.29 is 40.6 Å². The molecule has 0 aromatic heterocycles. The van der Waals surface area contributed by atoms with Crippen LogP contribution in [-0.2, 0) is 33.2 Å². The molecule has 0 aliphatic carbocycles. The van der Waals surface area contributed by atoms with Gasteiger partial charge in [-0.2, -0.15) is 26.3 Å². The maximum atomic E-state index is 13.4. The highest BCUT2D eigenvalue weighted by Gasteiger charge is 2.40. The largest absolute Gasteiger partial charge is 0.416 e. The molecule has 3 rings (SSSR count). The zero-order chi connectivity index (χ0) is 22.8. The highest BCUT2D eigenvalue weighted by atomic mass is 19.4. The van der Waals surface area contributed by atoms with Crippen molar-refractivity contribution in [3.63, 3.8) is 0 Å².